The summed E-state index contributed by atoms with van der Waals surface area (Å²) in [5.74, 6) is 1.67. The van der Waals surface area contributed by atoms with E-state index in [-0.39, 0.29) is 11.7 Å². The standard InChI is InChI=1S/C24H22N2O5/c1-15-19-12-18(28-2)7-9-20(19)31-23(15)24(27)26-17-6-8-21(29-3)22(11-17)30-14-16-5-4-10-25-13-16/h4-13H,14H2,1-3H3,(H,26,27). The van der Waals surface area contributed by atoms with E-state index in [1.165, 1.54) is 0 Å². The third-order valence-electron chi connectivity index (χ3n) is 4.89. The van der Waals surface area contributed by atoms with Gasteiger partial charge in [0.2, 0.25) is 0 Å². The van der Waals surface area contributed by atoms with Crippen LogP contribution in [-0.4, -0.2) is 25.1 Å². The second-order valence-corrected chi connectivity index (χ2v) is 6.89. The first-order valence-corrected chi connectivity index (χ1v) is 9.67. The van der Waals surface area contributed by atoms with E-state index in [0.29, 0.717) is 35.1 Å². The number of furan rings is 1. The van der Waals surface area contributed by atoms with Crippen molar-refractivity contribution >= 4 is 22.6 Å². The van der Waals surface area contributed by atoms with Crippen molar-refractivity contribution in [3.8, 4) is 17.2 Å². The first-order valence-electron chi connectivity index (χ1n) is 9.67. The minimum Gasteiger partial charge on any atom is -0.497 e. The molecule has 0 aliphatic heterocycles. The summed E-state index contributed by atoms with van der Waals surface area (Å²) in [5, 5.41) is 3.70. The quantitative estimate of drug-likeness (QED) is 0.456. The lowest BCUT2D eigenvalue weighted by Gasteiger charge is -2.13. The number of carbonyl (C=O) groups is 1. The van der Waals surface area contributed by atoms with Crippen molar-refractivity contribution < 1.29 is 23.4 Å². The van der Waals surface area contributed by atoms with Crippen molar-refractivity contribution in [1.82, 2.24) is 4.98 Å². The number of methoxy groups -OCH3 is 2. The molecule has 4 aromatic rings. The van der Waals surface area contributed by atoms with Gasteiger partial charge in [-0.1, -0.05) is 6.07 Å². The molecule has 0 fully saturated rings. The van der Waals surface area contributed by atoms with Gasteiger partial charge >= 0.3 is 0 Å². The number of rotatable bonds is 7. The summed E-state index contributed by atoms with van der Waals surface area (Å²) in [6.07, 6.45) is 3.44. The Balaban J connectivity index is 1.55. The lowest BCUT2D eigenvalue weighted by atomic mass is 10.1. The largest absolute Gasteiger partial charge is 0.497 e. The van der Waals surface area contributed by atoms with Gasteiger partial charge < -0.3 is 23.9 Å². The molecule has 0 unspecified atom stereocenters. The highest BCUT2D eigenvalue weighted by atomic mass is 16.5. The number of benzene rings is 2. The molecule has 7 heteroatoms. The molecule has 0 bridgehead atoms. The number of hydrogen-bond acceptors (Lipinski definition) is 6. The smallest absolute Gasteiger partial charge is 0.291 e. The van der Waals surface area contributed by atoms with Gasteiger partial charge in [0.1, 0.15) is 17.9 Å². The second kappa shape index (κ2) is 8.79. The summed E-state index contributed by atoms with van der Waals surface area (Å²) in [7, 11) is 3.17. The zero-order valence-electron chi connectivity index (χ0n) is 17.5. The van der Waals surface area contributed by atoms with Crippen LogP contribution < -0.4 is 19.5 Å². The topological polar surface area (TPSA) is 82.8 Å². The molecule has 0 saturated heterocycles. The predicted octanol–water partition coefficient (Wildman–Crippen LogP) is 4.98. The molecule has 0 aliphatic rings. The Hall–Kier alpha value is -4.00. The molecule has 0 atom stereocenters. The molecule has 2 heterocycles. The SMILES string of the molecule is COc1ccc2oc(C(=O)Nc3ccc(OC)c(OCc4cccnc4)c3)c(C)c2c1. The van der Waals surface area contributed by atoms with Crippen LogP contribution in [-0.2, 0) is 6.61 Å². The van der Waals surface area contributed by atoms with Gasteiger partial charge in [0, 0.05) is 40.7 Å². The number of aromatic nitrogens is 1. The Kier molecular flexibility index (Phi) is 5.75. The van der Waals surface area contributed by atoms with Crippen LogP contribution in [0.1, 0.15) is 21.7 Å². The molecule has 0 spiro atoms. The highest BCUT2D eigenvalue weighted by Crippen LogP contribution is 2.32. The van der Waals surface area contributed by atoms with E-state index in [1.54, 1.807) is 56.9 Å². The summed E-state index contributed by atoms with van der Waals surface area (Å²) in [5.41, 5.74) is 2.85. The van der Waals surface area contributed by atoms with Gasteiger partial charge in [0.25, 0.3) is 5.91 Å². The lowest BCUT2D eigenvalue weighted by Crippen LogP contribution is -2.12. The fraction of sp³-hybridized carbons (Fsp3) is 0.167. The van der Waals surface area contributed by atoms with Crippen LogP contribution in [0.4, 0.5) is 5.69 Å². The normalized spacial score (nSPS) is 10.7. The minimum absolute atomic E-state index is 0.247. The number of nitrogens with one attached hydrogen (secondary N) is 1. The number of carbonyl (C=O) groups excluding carboxylic acids is 1. The second-order valence-electron chi connectivity index (χ2n) is 6.89. The first-order chi connectivity index (χ1) is 15.1. The van der Waals surface area contributed by atoms with Gasteiger partial charge in [-0.2, -0.15) is 0 Å². The Morgan fingerprint density at radius 3 is 2.68 bits per heavy atom. The monoisotopic (exact) mass is 418 g/mol. The van der Waals surface area contributed by atoms with Crippen molar-refractivity contribution in [3.05, 3.63) is 77.8 Å². The summed E-state index contributed by atoms with van der Waals surface area (Å²) in [4.78, 5) is 17.0. The molecule has 1 N–H and O–H groups in total. The fourth-order valence-corrected chi connectivity index (χ4v) is 3.24. The number of hydrogen-bond donors (Lipinski definition) is 1. The van der Waals surface area contributed by atoms with Crippen molar-refractivity contribution in [2.24, 2.45) is 0 Å². The van der Waals surface area contributed by atoms with E-state index >= 15 is 0 Å². The molecular weight excluding hydrogens is 396 g/mol. The van der Waals surface area contributed by atoms with Crippen molar-refractivity contribution in [3.63, 3.8) is 0 Å². The molecular formula is C24H22N2O5. The van der Waals surface area contributed by atoms with Crippen LogP contribution >= 0.6 is 0 Å². The molecule has 0 saturated carbocycles. The Bertz CT molecular complexity index is 1220. The van der Waals surface area contributed by atoms with Gasteiger partial charge in [-0.25, -0.2) is 0 Å². The maximum Gasteiger partial charge on any atom is 0.291 e. The highest BCUT2D eigenvalue weighted by Gasteiger charge is 2.19. The van der Waals surface area contributed by atoms with Crippen molar-refractivity contribution in [2.45, 2.75) is 13.5 Å². The molecule has 158 valence electrons. The predicted molar refractivity (Wildman–Crippen MR) is 117 cm³/mol. The molecule has 0 aliphatic carbocycles. The number of fused-ring (bicyclic) bond motifs is 1. The number of pyridine rings is 1. The maximum atomic E-state index is 12.9. The third kappa shape index (κ3) is 4.30. The van der Waals surface area contributed by atoms with E-state index in [2.05, 4.69) is 10.3 Å². The summed E-state index contributed by atoms with van der Waals surface area (Å²) in [6.45, 7) is 2.17. The van der Waals surface area contributed by atoms with E-state index in [0.717, 1.165) is 16.5 Å². The van der Waals surface area contributed by atoms with Crippen LogP contribution in [0.3, 0.4) is 0 Å². The zero-order valence-corrected chi connectivity index (χ0v) is 17.5. The van der Waals surface area contributed by atoms with Gasteiger partial charge in [-0.05, 0) is 43.3 Å². The summed E-state index contributed by atoms with van der Waals surface area (Å²) < 4.78 is 22.3. The molecule has 1 amide bonds. The fourth-order valence-electron chi connectivity index (χ4n) is 3.24. The van der Waals surface area contributed by atoms with E-state index in [4.69, 9.17) is 18.6 Å². The lowest BCUT2D eigenvalue weighted by molar-refractivity contribution is 0.0998. The van der Waals surface area contributed by atoms with Gasteiger partial charge in [-0.15, -0.1) is 0 Å². The Labute approximate surface area is 179 Å². The number of anilines is 1. The highest BCUT2D eigenvalue weighted by molar-refractivity contribution is 6.06. The number of nitrogens with zero attached hydrogens (tertiary/aromatic N) is 1. The number of amides is 1. The van der Waals surface area contributed by atoms with Crippen LogP contribution in [0, 0.1) is 6.92 Å². The van der Waals surface area contributed by atoms with Gasteiger partial charge in [-0.3, -0.25) is 9.78 Å². The van der Waals surface area contributed by atoms with E-state index in [1.807, 2.05) is 25.1 Å². The van der Waals surface area contributed by atoms with E-state index in [9.17, 15) is 4.79 Å². The molecule has 0 radical (unpaired) electrons. The van der Waals surface area contributed by atoms with Crippen LogP contribution in [0.2, 0.25) is 0 Å². The maximum absolute atomic E-state index is 12.9. The minimum atomic E-state index is -0.351. The summed E-state index contributed by atoms with van der Waals surface area (Å²) in [6, 6.07) is 14.4. The number of ether oxygens (including phenoxy) is 3. The average molecular weight is 418 g/mol. The molecule has 2 aromatic carbocycles. The molecule has 31 heavy (non-hydrogen) atoms. The van der Waals surface area contributed by atoms with Gasteiger partial charge in [0.15, 0.2) is 17.3 Å². The Morgan fingerprint density at radius 1 is 1.06 bits per heavy atom. The third-order valence-corrected chi connectivity index (χ3v) is 4.89. The molecule has 7 nitrogen and oxygen atoms in total. The van der Waals surface area contributed by atoms with Crippen LogP contribution in [0.5, 0.6) is 17.2 Å². The molecule has 2 aromatic heterocycles. The summed E-state index contributed by atoms with van der Waals surface area (Å²) >= 11 is 0. The van der Waals surface area contributed by atoms with Crippen LogP contribution in [0.25, 0.3) is 11.0 Å². The molecule has 4 rings (SSSR count). The Morgan fingerprint density at radius 2 is 1.94 bits per heavy atom. The number of aryl methyl sites for hydroxylation is 1. The van der Waals surface area contributed by atoms with Crippen molar-refractivity contribution in [2.75, 3.05) is 19.5 Å². The average Bonchev–Trinajstić information content (AvgIpc) is 3.14. The van der Waals surface area contributed by atoms with Crippen LogP contribution in [0.15, 0.2) is 65.3 Å². The first kappa shape index (κ1) is 20.3. The van der Waals surface area contributed by atoms with Crippen molar-refractivity contribution in [1.29, 1.82) is 0 Å². The zero-order chi connectivity index (χ0) is 21.8. The van der Waals surface area contributed by atoms with E-state index < -0.39 is 0 Å². The van der Waals surface area contributed by atoms with Gasteiger partial charge in [0.05, 0.1) is 14.2 Å².